The summed E-state index contributed by atoms with van der Waals surface area (Å²) in [6.45, 7) is 12.3. The number of allylic oxidation sites excluding steroid dienone is 8. The maximum atomic E-state index is 2.58. The van der Waals surface area contributed by atoms with Crippen LogP contribution in [0.5, 0.6) is 0 Å². The van der Waals surface area contributed by atoms with Crippen LogP contribution in [0.15, 0.2) is 163 Å². The Morgan fingerprint density at radius 1 is 0.627 bits per heavy atom. The summed E-state index contributed by atoms with van der Waals surface area (Å²) in [5.74, 6) is 0.884. The molecule has 0 aliphatic heterocycles. The number of para-hydroxylation sites is 2. The first-order valence-corrected chi connectivity index (χ1v) is 18.6. The van der Waals surface area contributed by atoms with Gasteiger partial charge in [-0.15, -0.1) is 0 Å². The monoisotopic (exact) mass is 660 g/mol. The van der Waals surface area contributed by atoms with Crippen LogP contribution < -0.4 is 4.90 Å². The third kappa shape index (κ3) is 4.11. The molecule has 0 spiro atoms. The molecule has 250 valence electrons. The molecule has 2 heteroatoms. The Morgan fingerprint density at radius 3 is 2.20 bits per heavy atom. The van der Waals surface area contributed by atoms with E-state index < -0.39 is 0 Å². The lowest BCUT2D eigenvalue weighted by Crippen LogP contribution is -2.36. The summed E-state index contributed by atoms with van der Waals surface area (Å²) in [6.07, 6.45) is 15.4. The maximum Gasteiger partial charge on any atom is 0.0542 e. The minimum Gasteiger partial charge on any atom is -0.314 e. The highest BCUT2D eigenvalue weighted by atomic mass is 15.2. The number of fused-ring (bicyclic) bond motifs is 9. The molecule has 10 rings (SSSR count). The topological polar surface area (TPSA) is 8.17 Å². The molecule has 2 nitrogen and oxygen atoms in total. The van der Waals surface area contributed by atoms with Crippen molar-refractivity contribution in [3.05, 3.63) is 174 Å². The van der Waals surface area contributed by atoms with E-state index in [2.05, 4.69) is 196 Å². The van der Waals surface area contributed by atoms with Crippen LogP contribution in [0, 0.1) is 22.7 Å². The van der Waals surface area contributed by atoms with E-state index in [1.165, 1.54) is 66.8 Å². The molecule has 1 aromatic heterocycles. The van der Waals surface area contributed by atoms with E-state index in [0.717, 1.165) is 6.42 Å². The van der Waals surface area contributed by atoms with Crippen LogP contribution in [0.25, 0.3) is 38.6 Å². The van der Waals surface area contributed by atoms with E-state index in [1.54, 1.807) is 5.57 Å². The van der Waals surface area contributed by atoms with Gasteiger partial charge in [0.25, 0.3) is 0 Å². The molecule has 3 atom stereocenters. The zero-order valence-corrected chi connectivity index (χ0v) is 30.2. The first-order chi connectivity index (χ1) is 24.7. The number of anilines is 2. The molecule has 0 N–H and O–H groups in total. The van der Waals surface area contributed by atoms with Crippen LogP contribution in [0.1, 0.15) is 52.2 Å². The Kier molecular flexibility index (Phi) is 6.33. The van der Waals surface area contributed by atoms with Gasteiger partial charge in [-0.25, -0.2) is 0 Å². The van der Waals surface area contributed by atoms with E-state index >= 15 is 0 Å². The molecule has 4 aliphatic carbocycles. The van der Waals surface area contributed by atoms with Crippen molar-refractivity contribution in [2.75, 3.05) is 4.90 Å². The van der Waals surface area contributed by atoms with Crippen LogP contribution in [0.3, 0.4) is 0 Å². The van der Waals surface area contributed by atoms with Gasteiger partial charge in [-0.1, -0.05) is 137 Å². The highest BCUT2D eigenvalue weighted by Gasteiger charge is 2.58. The van der Waals surface area contributed by atoms with E-state index in [4.69, 9.17) is 0 Å². The first kappa shape index (κ1) is 30.5. The predicted octanol–water partition coefficient (Wildman–Crippen LogP) is 12.8. The SMILES string of the molecule is CC1(C)c2ccccc2-c2ccc(N(C3=CC=C4C(C3)C(C)(C)C3(C)C=CC=C[C@@H]43)c3ccc4c(c3)c3ccccc3n4-c3ccccc3)cc21. The average Bonchev–Trinajstić information content (AvgIpc) is 3.67. The Labute approximate surface area is 301 Å². The molecule has 51 heavy (non-hydrogen) atoms. The van der Waals surface area contributed by atoms with Crippen molar-refractivity contribution in [2.24, 2.45) is 22.7 Å². The van der Waals surface area contributed by atoms with Gasteiger partial charge < -0.3 is 9.47 Å². The Morgan fingerprint density at radius 2 is 1.33 bits per heavy atom. The van der Waals surface area contributed by atoms with E-state index in [-0.39, 0.29) is 16.2 Å². The van der Waals surface area contributed by atoms with Gasteiger partial charge in [0.2, 0.25) is 0 Å². The average molecular weight is 661 g/mol. The van der Waals surface area contributed by atoms with Crippen LogP contribution in [-0.2, 0) is 5.41 Å². The van der Waals surface area contributed by atoms with Gasteiger partial charge in [0.05, 0.1) is 11.0 Å². The summed E-state index contributed by atoms with van der Waals surface area (Å²) in [6, 6.07) is 42.9. The minimum atomic E-state index is -0.0783. The smallest absolute Gasteiger partial charge is 0.0542 e. The van der Waals surface area contributed by atoms with Crippen LogP contribution in [0.4, 0.5) is 11.4 Å². The maximum absolute atomic E-state index is 2.58. The summed E-state index contributed by atoms with van der Waals surface area (Å²) >= 11 is 0. The van der Waals surface area contributed by atoms with Crippen molar-refractivity contribution in [3.8, 4) is 16.8 Å². The number of aromatic nitrogens is 1. The van der Waals surface area contributed by atoms with E-state index in [0.29, 0.717) is 11.8 Å². The van der Waals surface area contributed by atoms with E-state index in [1.807, 2.05) is 0 Å². The Bertz CT molecular complexity index is 2530. The number of rotatable bonds is 4. The number of hydrogen-bond acceptors (Lipinski definition) is 1. The molecular formula is C49H44N2. The molecule has 0 amide bonds. The van der Waals surface area contributed by atoms with Crippen molar-refractivity contribution in [1.29, 1.82) is 0 Å². The van der Waals surface area contributed by atoms with Gasteiger partial charge in [0.15, 0.2) is 0 Å². The third-order valence-electron chi connectivity index (χ3n) is 13.4. The summed E-state index contributed by atoms with van der Waals surface area (Å²) < 4.78 is 2.41. The zero-order chi connectivity index (χ0) is 34.7. The first-order valence-electron chi connectivity index (χ1n) is 18.6. The lowest BCUT2D eigenvalue weighted by molar-refractivity contribution is 0.119. The summed E-state index contributed by atoms with van der Waals surface area (Å²) in [5.41, 5.74) is 14.6. The molecule has 0 bridgehead atoms. The Balaban J connectivity index is 1.18. The fraction of sp³-hybridized carbons (Fsp3) is 0.224. The number of benzene rings is 5. The molecule has 2 unspecified atom stereocenters. The predicted molar refractivity (Wildman–Crippen MR) is 215 cm³/mol. The quantitative estimate of drug-likeness (QED) is 0.183. The Hall–Kier alpha value is -5.34. The lowest BCUT2D eigenvalue weighted by atomic mass is 9.61. The van der Waals surface area contributed by atoms with Crippen molar-refractivity contribution in [2.45, 2.75) is 46.5 Å². The van der Waals surface area contributed by atoms with Gasteiger partial charge in [-0.2, -0.15) is 0 Å². The van der Waals surface area contributed by atoms with Crippen molar-refractivity contribution in [1.82, 2.24) is 4.57 Å². The van der Waals surface area contributed by atoms with Crippen LogP contribution in [0.2, 0.25) is 0 Å². The second-order valence-corrected chi connectivity index (χ2v) is 16.4. The second-order valence-electron chi connectivity index (χ2n) is 16.4. The van der Waals surface area contributed by atoms with E-state index in [9.17, 15) is 0 Å². The summed E-state index contributed by atoms with van der Waals surface area (Å²) in [5, 5.41) is 2.55. The van der Waals surface area contributed by atoms with Crippen molar-refractivity contribution in [3.63, 3.8) is 0 Å². The largest absolute Gasteiger partial charge is 0.314 e. The molecule has 5 aromatic carbocycles. The lowest BCUT2D eigenvalue weighted by Gasteiger charge is -2.43. The molecule has 0 radical (unpaired) electrons. The van der Waals surface area contributed by atoms with Gasteiger partial charge in [-0.05, 0) is 94.6 Å². The summed E-state index contributed by atoms with van der Waals surface area (Å²) in [4.78, 5) is 2.58. The molecule has 0 saturated heterocycles. The fourth-order valence-electron chi connectivity index (χ4n) is 10.3. The second kappa shape index (κ2) is 10.6. The van der Waals surface area contributed by atoms with Crippen molar-refractivity contribution >= 4 is 33.2 Å². The highest BCUT2D eigenvalue weighted by Crippen LogP contribution is 2.66. The van der Waals surface area contributed by atoms with Crippen LogP contribution in [-0.4, -0.2) is 4.57 Å². The van der Waals surface area contributed by atoms with Gasteiger partial charge >= 0.3 is 0 Å². The molecule has 1 fully saturated rings. The van der Waals surface area contributed by atoms with Gasteiger partial charge in [-0.3, -0.25) is 0 Å². The highest BCUT2D eigenvalue weighted by molar-refractivity contribution is 6.10. The molecule has 1 saturated carbocycles. The van der Waals surface area contributed by atoms with Gasteiger partial charge in [0, 0.05) is 50.3 Å². The standard InChI is InChI=1S/C49H44N2/c1-47(2)41-19-11-9-17-36(41)37-25-22-34(30-43(37)47)50(35-23-26-39-42-20-13-14-28-49(42,5)48(3,4)44(39)31-35)33-24-27-46-40(29-33)38-18-10-12-21-45(38)51(46)32-15-7-6-8-16-32/h6-30,42,44H,31H2,1-5H3/t42-,44?,49?/m0/s1. The van der Waals surface area contributed by atoms with Gasteiger partial charge in [0.1, 0.15) is 0 Å². The number of hydrogen-bond donors (Lipinski definition) is 0. The normalized spacial score (nSPS) is 23.4. The van der Waals surface area contributed by atoms with Crippen LogP contribution >= 0.6 is 0 Å². The minimum absolute atomic E-state index is 0.0783. The fourth-order valence-corrected chi connectivity index (χ4v) is 10.3. The number of nitrogens with zero attached hydrogens (tertiary/aromatic N) is 2. The molecule has 1 heterocycles. The third-order valence-corrected chi connectivity index (χ3v) is 13.4. The molecular weight excluding hydrogens is 617 g/mol. The van der Waals surface area contributed by atoms with Crippen molar-refractivity contribution < 1.29 is 0 Å². The molecule has 4 aliphatic rings. The summed E-state index contributed by atoms with van der Waals surface area (Å²) in [7, 11) is 0. The zero-order valence-electron chi connectivity index (χ0n) is 30.2. The molecule has 6 aromatic rings.